The topological polar surface area (TPSA) is 84.5 Å². The molecule has 0 heterocycles. The van der Waals surface area contributed by atoms with Crippen molar-refractivity contribution < 1.29 is 19.1 Å². The fourth-order valence-corrected chi connectivity index (χ4v) is 1.67. The summed E-state index contributed by atoms with van der Waals surface area (Å²) < 4.78 is 4.77. The Hall–Kier alpha value is -2.37. The van der Waals surface area contributed by atoms with Crippen molar-refractivity contribution in [2.24, 2.45) is 5.41 Å². The zero-order valence-electron chi connectivity index (χ0n) is 14.1. The Morgan fingerprint density at radius 1 is 1.04 bits per heavy atom. The average Bonchev–Trinajstić information content (AvgIpc) is 2.45. The number of anilines is 2. The molecule has 1 rings (SSSR count). The molecule has 1 aromatic carbocycles. The molecule has 0 unspecified atom stereocenters. The maximum absolute atomic E-state index is 12.0. The third-order valence-electron chi connectivity index (χ3n) is 2.95. The molecule has 0 saturated carbocycles. The van der Waals surface area contributed by atoms with E-state index in [0.29, 0.717) is 18.0 Å². The predicted molar refractivity (Wildman–Crippen MR) is 89.0 cm³/mol. The molecule has 0 saturated heterocycles. The van der Waals surface area contributed by atoms with Crippen LogP contribution in [0.4, 0.5) is 11.4 Å². The molecule has 23 heavy (non-hydrogen) atoms. The van der Waals surface area contributed by atoms with E-state index < -0.39 is 11.4 Å². The van der Waals surface area contributed by atoms with E-state index in [1.165, 1.54) is 0 Å². The van der Waals surface area contributed by atoms with Gasteiger partial charge in [0.15, 0.2) is 0 Å². The summed E-state index contributed by atoms with van der Waals surface area (Å²) in [5.74, 6) is -0.783. The van der Waals surface area contributed by atoms with Crippen LogP contribution < -0.4 is 10.6 Å². The van der Waals surface area contributed by atoms with Crippen molar-refractivity contribution >= 4 is 29.2 Å². The zero-order valence-corrected chi connectivity index (χ0v) is 14.1. The Kier molecular flexibility index (Phi) is 6.75. The minimum Gasteiger partial charge on any atom is -0.466 e. The van der Waals surface area contributed by atoms with E-state index in [1.54, 1.807) is 31.2 Å². The van der Waals surface area contributed by atoms with Crippen LogP contribution >= 0.6 is 0 Å². The van der Waals surface area contributed by atoms with Crippen LogP contribution in [0.25, 0.3) is 0 Å². The van der Waals surface area contributed by atoms with Crippen molar-refractivity contribution in [3.05, 3.63) is 24.3 Å². The van der Waals surface area contributed by atoms with Crippen molar-refractivity contribution in [1.82, 2.24) is 0 Å². The van der Waals surface area contributed by atoms with E-state index in [4.69, 9.17) is 4.74 Å². The number of carbonyl (C=O) groups is 3. The van der Waals surface area contributed by atoms with Gasteiger partial charge in [0.25, 0.3) is 0 Å². The second-order valence-electron chi connectivity index (χ2n) is 6.14. The summed E-state index contributed by atoms with van der Waals surface area (Å²) in [6.45, 7) is 7.49. The predicted octanol–water partition coefficient (Wildman–Crippen LogP) is 2.95. The molecular weight excluding hydrogens is 296 g/mol. The third kappa shape index (κ3) is 6.95. The fraction of sp³-hybridized carbons (Fsp3) is 0.471. The molecule has 126 valence electrons. The Bertz CT molecular complexity index is 576. The van der Waals surface area contributed by atoms with E-state index in [2.05, 4.69) is 10.6 Å². The highest BCUT2D eigenvalue weighted by Crippen LogP contribution is 2.20. The first kappa shape index (κ1) is 18.7. The molecule has 6 nitrogen and oxygen atoms in total. The first-order valence-electron chi connectivity index (χ1n) is 7.59. The highest BCUT2D eigenvalue weighted by Gasteiger charge is 2.21. The number of rotatable bonds is 6. The summed E-state index contributed by atoms with van der Waals surface area (Å²) in [6.07, 6.45) is 0.0948. The molecule has 6 heteroatoms. The number of benzene rings is 1. The Labute approximate surface area is 136 Å². The van der Waals surface area contributed by atoms with Crippen molar-refractivity contribution in [3.8, 4) is 0 Å². The maximum atomic E-state index is 12.0. The Morgan fingerprint density at radius 2 is 1.65 bits per heavy atom. The number of carbonyl (C=O) groups excluding carboxylic acids is 3. The number of esters is 1. The van der Waals surface area contributed by atoms with Gasteiger partial charge in [-0.15, -0.1) is 0 Å². The second-order valence-corrected chi connectivity index (χ2v) is 6.14. The minimum atomic E-state index is -0.501. The van der Waals surface area contributed by atoms with Crippen LogP contribution in [-0.2, 0) is 19.1 Å². The molecule has 0 fully saturated rings. The molecule has 0 aromatic heterocycles. The molecule has 2 amide bonds. The smallest absolute Gasteiger partial charge is 0.306 e. The average molecular weight is 320 g/mol. The zero-order chi connectivity index (χ0) is 17.5. The number of hydrogen-bond acceptors (Lipinski definition) is 4. The van der Waals surface area contributed by atoms with Gasteiger partial charge < -0.3 is 15.4 Å². The molecule has 0 aliphatic rings. The summed E-state index contributed by atoms with van der Waals surface area (Å²) in [5.41, 5.74) is 0.664. The summed E-state index contributed by atoms with van der Waals surface area (Å²) in [4.78, 5) is 35.0. The lowest BCUT2D eigenvalue weighted by Crippen LogP contribution is -2.27. The van der Waals surface area contributed by atoms with Gasteiger partial charge in [-0.05, 0) is 25.1 Å². The Balaban J connectivity index is 2.58. The van der Waals surface area contributed by atoms with E-state index in [-0.39, 0.29) is 24.7 Å². The largest absolute Gasteiger partial charge is 0.466 e. The fourth-order valence-electron chi connectivity index (χ4n) is 1.67. The van der Waals surface area contributed by atoms with Gasteiger partial charge in [0.1, 0.15) is 0 Å². The van der Waals surface area contributed by atoms with Crippen LogP contribution in [-0.4, -0.2) is 24.4 Å². The SMILES string of the molecule is CCOC(=O)CCC(=O)Nc1cccc(NC(=O)C(C)(C)C)c1. The summed E-state index contributed by atoms with van der Waals surface area (Å²) >= 11 is 0. The molecule has 0 bridgehead atoms. The molecule has 0 atom stereocenters. The summed E-state index contributed by atoms with van der Waals surface area (Å²) in [7, 11) is 0. The van der Waals surface area contributed by atoms with Gasteiger partial charge in [-0.3, -0.25) is 14.4 Å². The number of nitrogens with one attached hydrogen (secondary N) is 2. The van der Waals surface area contributed by atoms with E-state index in [1.807, 2.05) is 20.8 Å². The highest BCUT2D eigenvalue weighted by atomic mass is 16.5. The van der Waals surface area contributed by atoms with Gasteiger partial charge in [0, 0.05) is 23.2 Å². The lowest BCUT2D eigenvalue weighted by Gasteiger charge is -2.18. The standard InChI is InChI=1S/C17H24N2O4/c1-5-23-15(21)10-9-14(20)18-12-7-6-8-13(11-12)19-16(22)17(2,3)4/h6-8,11H,5,9-10H2,1-4H3,(H,18,20)(H,19,22). The van der Waals surface area contributed by atoms with Gasteiger partial charge in [-0.2, -0.15) is 0 Å². The van der Waals surface area contributed by atoms with Crippen molar-refractivity contribution in [2.75, 3.05) is 17.2 Å². The summed E-state index contributed by atoms with van der Waals surface area (Å²) in [5, 5.41) is 5.49. The molecule has 0 spiro atoms. The minimum absolute atomic E-state index is 0.0418. The highest BCUT2D eigenvalue weighted by molar-refractivity contribution is 5.96. The van der Waals surface area contributed by atoms with Gasteiger partial charge in [-0.1, -0.05) is 26.8 Å². The van der Waals surface area contributed by atoms with Crippen LogP contribution in [0.1, 0.15) is 40.5 Å². The molecule has 0 aliphatic carbocycles. The lowest BCUT2D eigenvalue weighted by molar-refractivity contribution is -0.144. The van der Waals surface area contributed by atoms with Crippen molar-refractivity contribution in [1.29, 1.82) is 0 Å². The normalized spacial score (nSPS) is 10.8. The van der Waals surface area contributed by atoms with Crippen LogP contribution in [0.2, 0.25) is 0 Å². The lowest BCUT2D eigenvalue weighted by atomic mass is 9.95. The number of amides is 2. The van der Waals surface area contributed by atoms with E-state index >= 15 is 0 Å². The van der Waals surface area contributed by atoms with Crippen LogP contribution in [0.3, 0.4) is 0 Å². The molecule has 0 radical (unpaired) electrons. The quantitative estimate of drug-likeness (QED) is 0.789. The van der Waals surface area contributed by atoms with Crippen LogP contribution in [0, 0.1) is 5.41 Å². The maximum Gasteiger partial charge on any atom is 0.306 e. The Morgan fingerprint density at radius 3 is 2.22 bits per heavy atom. The van der Waals surface area contributed by atoms with Gasteiger partial charge in [-0.25, -0.2) is 0 Å². The first-order valence-corrected chi connectivity index (χ1v) is 7.59. The number of hydrogen-bond donors (Lipinski definition) is 2. The van der Waals surface area contributed by atoms with Crippen molar-refractivity contribution in [3.63, 3.8) is 0 Å². The second kappa shape index (κ2) is 8.31. The third-order valence-corrected chi connectivity index (χ3v) is 2.95. The summed E-state index contributed by atoms with van der Waals surface area (Å²) in [6, 6.07) is 6.87. The van der Waals surface area contributed by atoms with Gasteiger partial charge in [0.05, 0.1) is 13.0 Å². The monoisotopic (exact) mass is 320 g/mol. The molecule has 2 N–H and O–H groups in total. The first-order chi connectivity index (χ1) is 10.7. The molecule has 1 aromatic rings. The number of ether oxygens (including phenoxy) is 1. The van der Waals surface area contributed by atoms with Crippen LogP contribution in [0.5, 0.6) is 0 Å². The van der Waals surface area contributed by atoms with Crippen molar-refractivity contribution in [2.45, 2.75) is 40.5 Å². The van der Waals surface area contributed by atoms with Gasteiger partial charge in [0.2, 0.25) is 11.8 Å². The molecule has 0 aliphatic heterocycles. The van der Waals surface area contributed by atoms with Crippen LogP contribution in [0.15, 0.2) is 24.3 Å². The van der Waals surface area contributed by atoms with E-state index in [9.17, 15) is 14.4 Å². The van der Waals surface area contributed by atoms with Gasteiger partial charge >= 0.3 is 5.97 Å². The van der Waals surface area contributed by atoms with E-state index in [0.717, 1.165) is 0 Å². The molecular formula is C17H24N2O4.